The number of fused-ring (bicyclic) bond motifs is 1. The number of nitrogens with one attached hydrogen (secondary N) is 3. The van der Waals surface area contributed by atoms with Crippen molar-refractivity contribution in [1.29, 1.82) is 0 Å². The highest BCUT2D eigenvalue weighted by molar-refractivity contribution is 8.00. The normalized spacial score (nSPS) is 20.8. The maximum absolute atomic E-state index is 12.4. The van der Waals surface area contributed by atoms with E-state index < -0.39 is 0 Å². The lowest BCUT2D eigenvalue weighted by Crippen LogP contribution is -2.36. The molecule has 0 aliphatic carbocycles. The monoisotopic (exact) mass is 520 g/mol. The largest absolute Gasteiger partial charge is 0.466 e. The minimum absolute atomic E-state index is 0.0612. The Bertz CT molecular complexity index is 980. The molecule has 3 N–H and O–H groups in total. The van der Waals surface area contributed by atoms with Crippen molar-refractivity contribution in [3.8, 4) is 10.6 Å². The van der Waals surface area contributed by atoms with Crippen LogP contribution in [0.4, 0.5) is 4.79 Å². The van der Waals surface area contributed by atoms with E-state index in [2.05, 4.69) is 21.1 Å². The molecule has 4 heterocycles. The molecule has 0 saturated carbocycles. The third-order valence-electron chi connectivity index (χ3n) is 6.24. The fourth-order valence-corrected chi connectivity index (χ4v) is 6.64. The minimum Gasteiger partial charge on any atom is -0.466 e. The minimum atomic E-state index is -0.181. The van der Waals surface area contributed by atoms with Crippen LogP contribution in [0.3, 0.4) is 0 Å². The number of rotatable bonds is 14. The van der Waals surface area contributed by atoms with Crippen LogP contribution >= 0.6 is 23.1 Å². The number of thiophene rings is 1. The van der Waals surface area contributed by atoms with Gasteiger partial charge in [-0.05, 0) is 43.6 Å². The van der Waals surface area contributed by atoms with E-state index in [1.807, 2.05) is 29.3 Å². The van der Waals surface area contributed by atoms with E-state index in [9.17, 15) is 14.4 Å². The van der Waals surface area contributed by atoms with Crippen LogP contribution in [0.5, 0.6) is 0 Å². The molecule has 0 radical (unpaired) electrons. The predicted octanol–water partition coefficient (Wildman–Crippen LogP) is 3.96. The summed E-state index contributed by atoms with van der Waals surface area (Å²) < 4.78 is 10.6. The Morgan fingerprint density at radius 2 is 2.06 bits per heavy atom. The lowest BCUT2D eigenvalue weighted by molar-refractivity contribution is -0.143. The summed E-state index contributed by atoms with van der Waals surface area (Å²) in [4.78, 5) is 36.6. The SMILES string of the molecule is O=C1N[C@H]2[C@H](CS[C@H]2CCCCC(=O)OCCCCCCNC(=O)c2cnoc2-c2cccs2)N1. The number of amides is 3. The Morgan fingerprint density at radius 3 is 2.91 bits per heavy atom. The van der Waals surface area contributed by atoms with Crippen LogP contribution in [0.1, 0.15) is 61.7 Å². The second kappa shape index (κ2) is 13.0. The van der Waals surface area contributed by atoms with Gasteiger partial charge in [0.2, 0.25) is 0 Å². The first-order chi connectivity index (χ1) is 17.1. The van der Waals surface area contributed by atoms with E-state index in [-0.39, 0.29) is 30.0 Å². The van der Waals surface area contributed by atoms with E-state index in [1.54, 1.807) is 0 Å². The van der Waals surface area contributed by atoms with Gasteiger partial charge in [-0.1, -0.05) is 24.1 Å². The van der Waals surface area contributed by atoms with E-state index in [0.29, 0.717) is 36.1 Å². The number of aromatic nitrogens is 1. The van der Waals surface area contributed by atoms with Gasteiger partial charge in [-0.25, -0.2) is 4.79 Å². The van der Waals surface area contributed by atoms with Gasteiger partial charge in [0.05, 0.1) is 29.8 Å². The van der Waals surface area contributed by atoms with Gasteiger partial charge < -0.3 is 25.2 Å². The van der Waals surface area contributed by atoms with Gasteiger partial charge in [-0.2, -0.15) is 11.8 Å². The van der Waals surface area contributed by atoms with Crippen LogP contribution in [0.15, 0.2) is 28.2 Å². The van der Waals surface area contributed by atoms with Crippen LogP contribution in [-0.2, 0) is 9.53 Å². The number of carbonyl (C=O) groups is 3. The molecule has 2 fully saturated rings. The zero-order chi connectivity index (χ0) is 24.5. The molecule has 0 aromatic carbocycles. The van der Waals surface area contributed by atoms with Gasteiger partial charge in [-0.15, -0.1) is 11.3 Å². The van der Waals surface area contributed by atoms with Crippen molar-refractivity contribution < 1.29 is 23.6 Å². The molecule has 2 aliphatic heterocycles. The Hall–Kier alpha value is -2.53. The average Bonchev–Trinajstić information content (AvgIpc) is 3.63. The van der Waals surface area contributed by atoms with Crippen molar-refractivity contribution in [1.82, 2.24) is 21.1 Å². The predicted molar refractivity (Wildman–Crippen MR) is 136 cm³/mol. The summed E-state index contributed by atoms with van der Waals surface area (Å²) >= 11 is 3.40. The van der Waals surface area contributed by atoms with E-state index in [4.69, 9.17) is 9.26 Å². The molecule has 9 nitrogen and oxygen atoms in total. The molecule has 0 unspecified atom stereocenters. The van der Waals surface area contributed by atoms with Crippen molar-refractivity contribution in [2.45, 2.75) is 68.7 Å². The standard InChI is InChI=1S/C24H32N4O5S2/c29-20(10-4-3-8-18-21-17(15-35-18)27-24(31)28-21)32-12-6-2-1-5-11-25-23(30)16-14-26-33-22(16)19-9-7-13-34-19/h7,9,13-14,17-18,21H,1-6,8,10-12,15H2,(H,25,30)(H2,27,28,31)/t17-,18-,21-/m0/s1. The van der Waals surface area contributed by atoms with Gasteiger partial charge >= 0.3 is 12.0 Å². The number of nitrogens with zero attached hydrogens (tertiary/aromatic N) is 1. The van der Waals surface area contributed by atoms with E-state index in [0.717, 1.165) is 55.6 Å². The summed E-state index contributed by atoms with van der Waals surface area (Å²) in [6.07, 6.45) is 8.25. The number of hydrogen-bond donors (Lipinski definition) is 3. The highest BCUT2D eigenvalue weighted by Crippen LogP contribution is 2.33. The molecule has 2 saturated heterocycles. The number of unbranched alkanes of at least 4 members (excludes halogenated alkanes) is 4. The zero-order valence-electron chi connectivity index (χ0n) is 19.6. The summed E-state index contributed by atoms with van der Waals surface area (Å²) in [7, 11) is 0. The van der Waals surface area contributed by atoms with Gasteiger partial charge in [0, 0.05) is 24.0 Å². The quantitative estimate of drug-likeness (QED) is 0.196. The van der Waals surface area contributed by atoms with Crippen molar-refractivity contribution >= 4 is 41.0 Å². The molecule has 11 heteroatoms. The highest BCUT2D eigenvalue weighted by Gasteiger charge is 2.42. The number of esters is 1. The molecule has 3 atom stereocenters. The van der Waals surface area contributed by atoms with Crippen molar-refractivity contribution in [2.75, 3.05) is 18.9 Å². The fourth-order valence-electron chi connectivity index (χ4n) is 4.38. The summed E-state index contributed by atoms with van der Waals surface area (Å²) in [6, 6.07) is 4.21. The molecule has 2 aromatic heterocycles. The van der Waals surface area contributed by atoms with Gasteiger partial charge in [0.1, 0.15) is 5.56 Å². The first-order valence-corrected chi connectivity index (χ1v) is 14.2. The van der Waals surface area contributed by atoms with Gasteiger partial charge in [0.25, 0.3) is 5.91 Å². The van der Waals surface area contributed by atoms with Crippen molar-refractivity contribution in [2.24, 2.45) is 0 Å². The first kappa shape index (κ1) is 25.6. The summed E-state index contributed by atoms with van der Waals surface area (Å²) in [5, 5.41) is 15.0. The second-order valence-electron chi connectivity index (χ2n) is 8.80. The number of urea groups is 1. The first-order valence-electron chi connectivity index (χ1n) is 12.2. The molecule has 0 bridgehead atoms. The van der Waals surface area contributed by atoms with Crippen LogP contribution in [0.25, 0.3) is 10.6 Å². The molecule has 0 spiro atoms. The van der Waals surface area contributed by atoms with Crippen molar-refractivity contribution in [3.63, 3.8) is 0 Å². The number of carbonyl (C=O) groups excluding carboxylic acids is 3. The number of hydrogen-bond acceptors (Lipinski definition) is 8. The zero-order valence-corrected chi connectivity index (χ0v) is 21.3. The van der Waals surface area contributed by atoms with Crippen LogP contribution in [0.2, 0.25) is 0 Å². The molecule has 4 rings (SSSR count). The number of ether oxygens (including phenoxy) is 1. The lowest BCUT2D eigenvalue weighted by atomic mass is 10.0. The fraction of sp³-hybridized carbons (Fsp3) is 0.583. The molecular weight excluding hydrogens is 488 g/mol. The third-order valence-corrected chi connectivity index (χ3v) is 8.61. The third kappa shape index (κ3) is 7.23. The van der Waals surface area contributed by atoms with Gasteiger partial charge in [-0.3, -0.25) is 9.59 Å². The lowest BCUT2D eigenvalue weighted by Gasteiger charge is -2.16. The van der Waals surface area contributed by atoms with Crippen molar-refractivity contribution in [3.05, 3.63) is 29.3 Å². The van der Waals surface area contributed by atoms with Gasteiger partial charge in [0.15, 0.2) is 5.76 Å². The average molecular weight is 521 g/mol. The number of thioether (sulfide) groups is 1. The molecule has 2 aromatic rings. The van der Waals surface area contributed by atoms with Crippen LogP contribution in [-0.4, -0.2) is 59.3 Å². The molecule has 35 heavy (non-hydrogen) atoms. The maximum atomic E-state index is 12.4. The Kier molecular flexibility index (Phi) is 9.47. The summed E-state index contributed by atoms with van der Waals surface area (Å²) in [6.45, 7) is 1.02. The van der Waals surface area contributed by atoms with E-state index in [1.165, 1.54) is 17.5 Å². The highest BCUT2D eigenvalue weighted by atomic mass is 32.2. The topological polar surface area (TPSA) is 123 Å². The summed E-state index contributed by atoms with van der Waals surface area (Å²) in [5.41, 5.74) is 0.452. The Balaban J connectivity index is 0.978. The van der Waals surface area contributed by atoms with E-state index >= 15 is 0 Å². The molecular formula is C24H32N4O5S2. The molecule has 2 aliphatic rings. The van der Waals surface area contributed by atoms with Crippen LogP contribution < -0.4 is 16.0 Å². The molecule has 3 amide bonds. The summed E-state index contributed by atoms with van der Waals surface area (Å²) in [5.74, 6) is 1.14. The van der Waals surface area contributed by atoms with Crippen LogP contribution in [0, 0.1) is 0 Å². The second-order valence-corrected chi connectivity index (χ2v) is 11.0. The Labute approximate surface area is 213 Å². The maximum Gasteiger partial charge on any atom is 0.315 e. The smallest absolute Gasteiger partial charge is 0.315 e. The Morgan fingerprint density at radius 1 is 1.17 bits per heavy atom. The molecule has 190 valence electrons.